The highest BCUT2D eigenvalue weighted by Gasteiger charge is 2.13. The van der Waals surface area contributed by atoms with Gasteiger partial charge in [0.25, 0.3) is 0 Å². The third-order valence-corrected chi connectivity index (χ3v) is 3.01. The number of nitrogens with zero attached hydrogens (tertiary/aromatic N) is 1. The van der Waals surface area contributed by atoms with E-state index >= 15 is 0 Å². The van der Waals surface area contributed by atoms with E-state index in [2.05, 4.69) is 55.0 Å². The Kier molecular flexibility index (Phi) is 5.30. The van der Waals surface area contributed by atoms with Crippen LogP contribution < -0.4 is 5.32 Å². The van der Waals surface area contributed by atoms with Crippen molar-refractivity contribution in [3.63, 3.8) is 0 Å². The number of nitrogens with one attached hydrogen (secondary N) is 1. The molecule has 1 aromatic heterocycles. The van der Waals surface area contributed by atoms with Gasteiger partial charge < -0.3 is 5.32 Å². The first-order valence-corrected chi connectivity index (χ1v) is 6.25. The highest BCUT2D eigenvalue weighted by atomic mass is 79.9. The van der Waals surface area contributed by atoms with Crippen molar-refractivity contribution in [2.45, 2.75) is 19.4 Å². The van der Waals surface area contributed by atoms with Gasteiger partial charge in [-0.1, -0.05) is 6.92 Å². The van der Waals surface area contributed by atoms with E-state index in [1.165, 1.54) is 0 Å². The van der Waals surface area contributed by atoms with Crippen molar-refractivity contribution >= 4 is 31.9 Å². The zero-order chi connectivity index (χ0) is 11.3. The van der Waals surface area contributed by atoms with Crippen LogP contribution in [0.5, 0.6) is 0 Å². The van der Waals surface area contributed by atoms with Gasteiger partial charge in [0.05, 0.1) is 11.7 Å². The van der Waals surface area contributed by atoms with Crippen LogP contribution in [0.4, 0.5) is 0 Å². The molecule has 0 amide bonds. The van der Waals surface area contributed by atoms with Gasteiger partial charge in [-0.3, -0.25) is 4.98 Å². The maximum Gasteiger partial charge on any atom is 0.0725 e. The van der Waals surface area contributed by atoms with E-state index in [4.69, 9.17) is 6.42 Å². The second-order valence-electron chi connectivity index (χ2n) is 3.04. The molecule has 4 heteroatoms. The highest BCUT2D eigenvalue weighted by molar-refractivity contribution is 9.11. The molecule has 0 bridgehead atoms. The standard InChI is InChI=1S/C11H12Br2N2/c1-3-5-10(14-4-2)11-9(13)6-8(12)7-15-11/h1,6-7,10,14H,4-5H2,2H3. The van der Waals surface area contributed by atoms with Crippen LogP contribution in [0.3, 0.4) is 0 Å². The van der Waals surface area contributed by atoms with Crippen molar-refractivity contribution in [3.8, 4) is 12.3 Å². The van der Waals surface area contributed by atoms with E-state index in [0.29, 0.717) is 6.42 Å². The van der Waals surface area contributed by atoms with Crippen molar-refractivity contribution in [1.29, 1.82) is 0 Å². The number of hydrogen-bond donors (Lipinski definition) is 1. The summed E-state index contributed by atoms with van der Waals surface area (Å²) in [4.78, 5) is 4.36. The SMILES string of the molecule is C#CCC(NCC)c1ncc(Br)cc1Br. The molecule has 1 atom stereocenters. The molecular formula is C11H12Br2N2. The lowest BCUT2D eigenvalue weighted by molar-refractivity contribution is 0.549. The number of pyridine rings is 1. The second-order valence-corrected chi connectivity index (χ2v) is 4.81. The predicted octanol–water partition coefficient (Wildman–Crippen LogP) is 3.28. The quantitative estimate of drug-likeness (QED) is 0.856. The monoisotopic (exact) mass is 330 g/mol. The average molecular weight is 332 g/mol. The molecule has 0 aromatic carbocycles. The number of rotatable bonds is 4. The van der Waals surface area contributed by atoms with Crippen LogP contribution in [0.1, 0.15) is 25.1 Å². The van der Waals surface area contributed by atoms with E-state index in [1.54, 1.807) is 6.20 Å². The Morgan fingerprint density at radius 2 is 2.33 bits per heavy atom. The first kappa shape index (κ1) is 12.7. The van der Waals surface area contributed by atoms with Gasteiger partial charge in [-0.25, -0.2) is 0 Å². The van der Waals surface area contributed by atoms with Crippen LogP contribution in [0.25, 0.3) is 0 Å². The maximum absolute atomic E-state index is 5.33. The topological polar surface area (TPSA) is 24.9 Å². The maximum atomic E-state index is 5.33. The van der Waals surface area contributed by atoms with Crippen LogP contribution in [0.2, 0.25) is 0 Å². The second kappa shape index (κ2) is 6.26. The number of terminal acetylenes is 1. The summed E-state index contributed by atoms with van der Waals surface area (Å²) in [5.74, 6) is 2.66. The lowest BCUT2D eigenvalue weighted by Crippen LogP contribution is -2.21. The molecule has 0 radical (unpaired) electrons. The van der Waals surface area contributed by atoms with E-state index in [1.807, 2.05) is 6.07 Å². The lowest BCUT2D eigenvalue weighted by atomic mass is 10.1. The summed E-state index contributed by atoms with van der Waals surface area (Å²) in [5.41, 5.74) is 0.956. The van der Waals surface area contributed by atoms with Crippen LogP contribution in [-0.4, -0.2) is 11.5 Å². The Bertz CT molecular complexity index is 371. The van der Waals surface area contributed by atoms with Gasteiger partial charge in [0, 0.05) is 21.6 Å². The van der Waals surface area contributed by atoms with Crippen molar-refractivity contribution in [3.05, 3.63) is 26.9 Å². The van der Waals surface area contributed by atoms with Crippen LogP contribution in [-0.2, 0) is 0 Å². The van der Waals surface area contributed by atoms with Crippen LogP contribution >= 0.6 is 31.9 Å². The zero-order valence-electron chi connectivity index (χ0n) is 8.43. The van der Waals surface area contributed by atoms with Crippen molar-refractivity contribution in [1.82, 2.24) is 10.3 Å². The fourth-order valence-corrected chi connectivity index (χ4v) is 2.58. The number of hydrogen-bond acceptors (Lipinski definition) is 2. The molecule has 2 nitrogen and oxygen atoms in total. The summed E-state index contributed by atoms with van der Waals surface area (Å²) in [7, 11) is 0. The van der Waals surface area contributed by atoms with Gasteiger partial charge in [-0.2, -0.15) is 0 Å². The van der Waals surface area contributed by atoms with Gasteiger partial charge >= 0.3 is 0 Å². The minimum atomic E-state index is 0.113. The summed E-state index contributed by atoms with van der Waals surface area (Å²) >= 11 is 6.86. The van der Waals surface area contributed by atoms with Gasteiger partial charge in [0.2, 0.25) is 0 Å². The van der Waals surface area contributed by atoms with Crippen molar-refractivity contribution in [2.24, 2.45) is 0 Å². The Morgan fingerprint density at radius 1 is 1.60 bits per heavy atom. The van der Waals surface area contributed by atoms with Gasteiger partial charge in [0.1, 0.15) is 0 Å². The Hall–Kier alpha value is -0.370. The molecule has 1 N–H and O–H groups in total. The molecule has 1 aromatic rings. The molecule has 0 saturated carbocycles. The van der Waals surface area contributed by atoms with E-state index in [9.17, 15) is 0 Å². The molecule has 15 heavy (non-hydrogen) atoms. The molecule has 0 aliphatic rings. The molecule has 0 spiro atoms. The normalized spacial score (nSPS) is 12.1. The van der Waals surface area contributed by atoms with Gasteiger partial charge in [-0.15, -0.1) is 12.3 Å². The van der Waals surface area contributed by atoms with Gasteiger partial charge in [0.15, 0.2) is 0 Å². The smallest absolute Gasteiger partial charge is 0.0725 e. The largest absolute Gasteiger partial charge is 0.308 e. The molecular weight excluding hydrogens is 320 g/mol. The minimum Gasteiger partial charge on any atom is -0.308 e. The molecule has 1 rings (SSSR count). The Morgan fingerprint density at radius 3 is 2.87 bits per heavy atom. The van der Waals surface area contributed by atoms with Crippen molar-refractivity contribution in [2.75, 3.05) is 6.54 Å². The highest BCUT2D eigenvalue weighted by Crippen LogP contribution is 2.25. The molecule has 80 valence electrons. The third-order valence-electron chi connectivity index (χ3n) is 1.94. The van der Waals surface area contributed by atoms with Crippen LogP contribution in [0, 0.1) is 12.3 Å². The lowest BCUT2D eigenvalue weighted by Gasteiger charge is -2.16. The molecule has 0 aliphatic carbocycles. The summed E-state index contributed by atoms with van der Waals surface area (Å²) in [6, 6.07) is 2.09. The molecule has 1 unspecified atom stereocenters. The summed E-state index contributed by atoms with van der Waals surface area (Å²) in [6.07, 6.45) is 7.75. The number of aromatic nitrogens is 1. The van der Waals surface area contributed by atoms with Crippen LogP contribution in [0.15, 0.2) is 21.2 Å². The first-order chi connectivity index (χ1) is 7.19. The van der Waals surface area contributed by atoms with E-state index in [0.717, 1.165) is 21.2 Å². The average Bonchev–Trinajstić information content (AvgIpc) is 2.17. The molecule has 1 heterocycles. The van der Waals surface area contributed by atoms with Gasteiger partial charge in [-0.05, 0) is 44.5 Å². The van der Waals surface area contributed by atoms with E-state index in [-0.39, 0.29) is 6.04 Å². The molecule has 0 aliphatic heterocycles. The first-order valence-electron chi connectivity index (χ1n) is 4.66. The third kappa shape index (κ3) is 3.60. The minimum absolute atomic E-state index is 0.113. The predicted molar refractivity (Wildman–Crippen MR) is 69.5 cm³/mol. The molecule has 0 fully saturated rings. The van der Waals surface area contributed by atoms with E-state index < -0.39 is 0 Å². The fourth-order valence-electron chi connectivity index (χ4n) is 1.31. The summed E-state index contributed by atoms with van der Waals surface area (Å²) < 4.78 is 1.92. The van der Waals surface area contributed by atoms with Crippen molar-refractivity contribution < 1.29 is 0 Å². The zero-order valence-corrected chi connectivity index (χ0v) is 11.6. The Balaban J connectivity index is 2.95. The summed E-state index contributed by atoms with van der Waals surface area (Å²) in [6.45, 7) is 2.92. The summed E-state index contributed by atoms with van der Waals surface area (Å²) in [5, 5.41) is 3.31. The fraction of sp³-hybridized carbons (Fsp3) is 0.364. The Labute approximate surface area is 107 Å². The number of halogens is 2. The molecule has 0 saturated heterocycles.